The van der Waals surface area contributed by atoms with Crippen molar-refractivity contribution >= 4 is 11.9 Å². The summed E-state index contributed by atoms with van der Waals surface area (Å²) in [6.07, 6.45) is 7.61. The molecule has 2 rings (SSSR count). The van der Waals surface area contributed by atoms with Crippen LogP contribution in [0.25, 0.3) is 0 Å². The van der Waals surface area contributed by atoms with Crippen LogP contribution in [0.5, 0.6) is 0 Å². The van der Waals surface area contributed by atoms with Gasteiger partial charge in [0.25, 0.3) is 0 Å². The molecule has 0 aromatic rings. The van der Waals surface area contributed by atoms with E-state index >= 15 is 0 Å². The van der Waals surface area contributed by atoms with Crippen LogP contribution in [0.2, 0.25) is 0 Å². The number of piperidine rings is 1. The number of aliphatic imine (C=N–C) groups is 1. The van der Waals surface area contributed by atoms with E-state index in [1.165, 1.54) is 51.6 Å². The number of rotatable bonds is 5. The van der Waals surface area contributed by atoms with Gasteiger partial charge in [0.15, 0.2) is 5.96 Å². The topological polar surface area (TPSA) is 60.0 Å². The Kier molecular flexibility index (Phi) is 8.00. The van der Waals surface area contributed by atoms with Gasteiger partial charge in [0.1, 0.15) is 6.54 Å². The zero-order valence-corrected chi connectivity index (χ0v) is 16.6. The normalized spacial score (nSPS) is 26.3. The molecule has 6 heteroatoms. The Labute approximate surface area is 153 Å². The SMILES string of the molecule is CCNC(=NCC(=O)N(C)C)NC1CCC(N2CCC(C)CC2)CC1. The average molecular weight is 352 g/mol. The largest absolute Gasteiger partial charge is 0.357 e. The second-order valence-electron chi connectivity index (χ2n) is 7.85. The number of nitrogens with one attached hydrogen (secondary N) is 2. The van der Waals surface area contributed by atoms with E-state index in [-0.39, 0.29) is 12.5 Å². The second-order valence-corrected chi connectivity index (χ2v) is 7.85. The van der Waals surface area contributed by atoms with Crippen molar-refractivity contribution in [2.45, 2.75) is 64.5 Å². The molecule has 1 aliphatic carbocycles. The molecule has 0 bridgehead atoms. The van der Waals surface area contributed by atoms with Crippen molar-refractivity contribution in [3.63, 3.8) is 0 Å². The number of likely N-dealkylation sites (tertiary alicyclic amines) is 1. The molecule has 2 N–H and O–H groups in total. The third-order valence-corrected chi connectivity index (χ3v) is 5.59. The summed E-state index contributed by atoms with van der Waals surface area (Å²) in [4.78, 5) is 20.5. The average Bonchev–Trinajstić information content (AvgIpc) is 2.61. The number of hydrogen-bond acceptors (Lipinski definition) is 3. The van der Waals surface area contributed by atoms with Crippen LogP contribution in [-0.2, 0) is 4.79 Å². The van der Waals surface area contributed by atoms with Crippen molar-refractivity contribution in [1.82, 2.24) is 20.4 Å². The van der Waals surface area contributed by atoms with Gasteiger partial charge in [-0.05, 0) is 64.5 Å². The molecule has 0 aromatic carbocycles. The monoisotopic (exact) mass is 351 g/mol. The second kappa shape index (κ2) is 10.00. The van der Waals surface area contributed by atoms with Gasteiger partial charge in [-0.3, -0.25) is 4.79 Å². The van der Waals surface area contributed by atoms with Crippen LogP contribution in [0.4, 0.5) is 0 Å². The van der Waals surface area contributed by atoms with E-state index in [1.807, 2.05) is 0 Å². The third kappa shape index (κ3) is 6.49. The third-order valence-electron chi connectivity index (χ3n) is 5.59. The van der Waals surface area contributed by atoms with Gasteiger partial charge in [0.05, 0.1) is 0 Å². The first-order valence-electron chi connectivity index (χ1n) is 9.98. The summed E-state index contributed by atoms with van der Waals surface area (Å²) in [5, 5.41) is 6.79. The van der Waals surface area contributed by atoms with Gasteiger partial charge < -0.3 is 20.4 Å². The fraction of sp³-hybridized carbons (Fsp3) is 0.895. The first kappa shape index (κ1) is 20.0. The minimum absolute atomic E-state index is 0.0280. The molecule has 144 valence electrons. The van der Waals surface area contributed by atoms with E-state index in [4.69, 9.17) is 0 Å². The highest BCUT2D eigenvalue weighted by molar-refractivity contribution is 5.84. The number of amides is 1. The zero-order valence-electron chi connectivity index (χ0n) is 16.6. The van der Waals surface area contributed by atoms with E-state index < -0.39 is 0 Å². The van der Waals surface area contributed by atoms with Crippen LogP contribution in [-0.4, -0.2) is 74.0 Å². The van der Waals surface area contributed by atoms with Gasteiger partial charge in [-0.2, -0.15) is 0 Å². The molecule has 0 unspecified atom stereocenters. The van der Waals surface area contributed by atoms with Crippen molar-refractivity contribution in [2.75, 3.05) is 40.3 Å². The molecule has 2 aliphatic rings. The van der Waals surface area contributed by atoms with Crippen molar-refractivity contribution in [3.8, 4) is 0 Å². The predicted molar refractivity (Wildman–Crippen MR) is 104 cm³/mol. The lowest BCUT2D eigenvalue weighted by atomic mass is 9.88. The molecule has 0 atom stereocenters. The summed E-state index contributed by atoms with van der Waals surface area (Å²) < 4.78 is 0. The van der Waals surface area contributed by atoms with Crippen LogP contribution in [0.15, 0.2) is 4.99 Å². The minimum atomic E-state index is 0.0280. The molecule has 6 nitrogen and oxygen atoms in total. The molecule has 1 heterocycles. The standard InChI is InChI=1S/C19H37N5O/c1-5-20-19(21-14-18(25)23(3)4)22-16-6-8-17(9-7-16)24-12-10-15(2)11-13-24/h15-17H,5-14H2,1-4H3,(H2,20,21,22). The highest BCUT2D eigenvalue weighted by Crippen LogP contribution is 2.27. The maximum atomic E-state index is 11.7. The first-order valence-corrected chi connectivity index (χ1v) is 9.98. The molecule has 1 saturated heterocycles. The Morgan fingerprint density at radius 1 is 1.12 bits per heavy atom. The lowest BCUT2D eigenvalue weighted by molar-refractivity contribution is -0.127. The molecule has 1 amide bonds. The van der Waals surface area contributed by atoms with Crippen LogP contribution in [0.3, 0.4) is 0 Å². The summed E-state index contributed by atoms with van der Waals surface area (Å²) >= 11 is 0. The Hall–Kier alpha value is -1.30. The van der Waals surface area contributed by atoms with Gasteiger partial charge in [-0.1, -0.05) is 6.92 Å². The molecule has 0 radical (unpaired) electrons. The van der Waals surface area contributed by atoms with Crippen LogP contribution in [0, 0.1) is 5.92 Å². The van der Waals surface area contributed by atoms with E-state index in [1.54, 1.807) is 19.0 Å². The number of nitrogens with zero attached hydrogens (tertiary/aromatic N) is 3. The summed E-state index contributed by atoms with van der Waals surface area (Å²) in [6, 6.07) is 1.23. The van der Waals surface area contributed by atoms with Gasteiger partial charge in [0, 0.05) is 32.7 Å². The van der Waals surface area contributed by atoms with Crippen molar-refractivity contribution in [1.29, 1.82) is 0 Å². The van der Waals surface area contributed by atoms with E-state index in [0.717, 1.165) is 24.5 Å². The Bertz CT molecular complexity index is 435. The molecular formula is C19H37N5O. The number of carbonyl (C=O) groups is 1. The predicted octanol–water partition coefficient (Wildman–Crippen LogP) is 1.67. The maximum absolute atomic E-state index is 11.7. The van der Waals surface area contributed by atoms with Gasteiger partial charge in [-0.25, -0.2) is 4.99 Å². The maximum Gasteiger partial charge on any atom is 0.243 e. The molecule has 25 heavy (non-hydrogen) atoms. The van der Waals surface area contributed by atoms with Crippen molar-refractivity contribution < 1.29 is 4.79 Å². The van der Waals surface area contributed by atoms with Crippen LogP contribution >= 0.6 is 0 Å². The summed E-state index contributed by atoms with van der Waals surface area (Å²) in [5.41, 5.74) is 0. The Morgan fingerprint density at radius 2 is 1.76 bits per heavy atom. The van der Waals surface area contributed by atoms with E-state index in [0.29, 0.717) is 6.04 Å². The van der Waals surface area contributed by atoms with Crippen LogP contribution in [0.1, 0.15) is 52.4 Å². The highest BCUT2D eigenvalue weighted by atomic mass is 16.2. The number of likely N-dealkylation sites (N-methyl/N-ethyl adjacent to an activating group) is 1. The Morgan fingerprint density at radius 3 is 2.32 bits per heavy atom. The number of carbonyl (C=O) groups excluding carboxylic acids is 1. The summed E-state index contributed by atoms with van der Waals surface area (Å²) in [7, 11) is 3.53. The quantitative estimate of drug-likeness (QED) is 0.584. The molecule has 1 saturated carbocycles. The molecule has 1 aliphatic heterocycles. The van der Waals surface area contributed by atoms with Crippen molar-refractivity contribution in [2.24, 2.45) is 10.9 Å². The van der Waals surface area contributed by atoms with Gasteiger partial charge in [0.2, 0.25) is 5.91 Å². The highest BCUT2D eigenvalue weighted by Gasteiger charge is 2.28. The molecule has 0 aromatic heterocycles. The zero-order chi connectivity index (χ0) is 18.2. The number of hydrogen-bond donors (Lipinski definition) is 2. The Balaban J connectivity index is 1.78. The molecule has 2 fully saturated rings. The van der Waals surface area contributed by atoms with Crippen molar-refractivity contribution in [3.05, 3.63) is 0 Å². The first-order chi connectivity index (χ1) is 12.0. The van der Waals surface area contributed by atoms with E-state index in [2.05, 4.69) is 34.4 Å². The smallest absolute Gasteiger partial charge is 0.243 e. The van der Waals surface area contributed by atoms with Crippen LogP contribution < -0.4 is 10.6 Å². The minimum Gasteiger partial charge on any atom is -0.357 e. The lowest BCUT2D eigenvalue weighted by Gasteiger charge is -2.40. The van der Waals surface area contributed by atoms with Gasteiger partial charge >= 0.3 is 0 Å². The fourth-order valence-electron chi connectivity index (χ4n) is 3.78. The summed E-state index contributed by atoms with van der Waals surface area (Å²) in [6.45, 7) is 7.99. The fourth-order valence-corrected chi connectivity index (χ4v) is 3.78. The van der Waals surface area contributed by atoms with Gasteiger partial charge in [-0.15, -0.1) is 0 Å². The number of guanidine groups is 1. The molecular weight excluding hydrogens is 314 g/mol. The summed E-state index contributed by atoms with van der Waals surface area (Å²) in [5.74, 6) is 1.70. The van der Waals surface area contributed by atoms with E-state index in [9.17, 15) is 4.79 Å². The lowest BCUT2D eigenvalue weighted by Crippen LogP contribution is -2.49. The molecule has 0 spiro atoms.